The Hall–Kier alpha value is -3.70. The van der Waals surface area contributed by atoms with Crippen molar-refractivity contribution in [2.24, 2.45) is 5.10 Å². The van der Waals surface area contributed by atoms with Crippen LogP contribution >= 0.6 is 11.6 Å². The van der Waals surface area contributed by atoms with Crippen LogP contribution in [-0.4, -0.2) is 18.0 Å². The van der Waals surface area contributed by atoms with E-state index in [1.54, 1.807) is 30.5 Å². The quantitative estimate of drug-likeness (QED) is 0.241. The van der Waals surface area contributed by atoms with E-state index < -0.39 is 0 Å². The molecule has 0 spiro atoms. The van der Waals surface area contributed by atoms with Crippen molar-refractivity contribution in [3.63, 3.8) is 0 Å². The highest BCUT2D eigenvalue weighted by molar-refractivity contribution is 6.33. The minimum Gasteiger partial charge on any atom is -0.325 e. The third kappa shape index (κ3) is 4.90. The van der Waals surface area contributed by atoms with Gasteiger partial charge in [-0.25, -0.2) is 5.43 Å². The summed E-state index contributed by atoms with van der Waals surface area (Å²) in [6.45, 7) is 0. The van der Waals surface area contributed by atoms with Crippen molar-refractivity contribution in [1.82, 2.24) is 5.43 Å². The Kier molecular flexibility index (Phi) is 6.24. The van der Waals surface area contributed by atoms with E-state index in [-0.39, 0.29) is 24.7 Å². The molecule has 0 fully saturated rings. The smallest absolute Gasteiger partial charge is 0.240 e. The lowest BCUT2D eigenvalue weighted by Gasteiger charge is -2.08. The van der Waals surface area contributed by atoms with Crippen molar-refractivity contribution in [1.29, 1.82) is 0 Å². The predicted molar refractivity (Wildman–Crippen MR) is 127 cm³/mol. The number of nitrogens with one attached hydrogen (secondary N) is 2. The van der Waals surface area contributed by atoms with Gasteiger partial charge < -0.3 is 5.32 Å². The topological polar surface area (TPSA) is 70.6 Å². The van der Waals surface area contributed by atoms with Gasteiger partial charge in [0.25, 0.3) is 0 Å². The molecule has 4 rings (SSSR count). The number of halogens is 1. The average Bonchev–Trinajstić information content (AvgIpc) is 2.79. The summed E-state index contributed by atoms with van der Waals surface area (Å²) in [5, 5.41) is 11.6. The van der Waals surface area contributed by atoms with Gasteiger partial charge in [-0.2, -0.15) is 5.10 Å². The Morgan fingerprint density at radius 1 is 0.806 bits per heavy atom. The highest BCUT2D eigenvalue weighted by Crippen LogP contribution is 2.27. The van der Waals surface area contributed by atoms with Crippen molar-refractivity contribution in [2.45, 2.75) is 12.8 Å². The number of para-hydroxylation sites is 1. The number of fused-ring (bicyclic) bond motifs is 2. The first kappa shape index (κ1) is 20.6. The summed E-state index contributed by atoms with van der Waals surface area (Å²) in [6.07, 6.45) is 1.71. The molecule has 0 heterocycles. The molecule has 0 aliphatic rings. The van der Waals surface area contributed by atoms with E-state index in [9.17, 15) is 9.59 Å². The van der Waals surface area contributed by atoms with Gasteiger partial charge in [0.1, 0.15) is 0 Å². The number of amides is 2. The molecule has 2 amide bonds. The standard InChI is InChI=1S/C25H20ClN3O2/c26-22-11-5-6-12-23(22)28-24(30)13-14-25(31)29-27-16-21-19-9-3-1-7-17(19)15-18-8-2-4-10-20(18)21/h1-12,15-16H,13-14H2,(H,28,30)(H,29,31)/b27-16-. The second-order valence-electron chi connectivity index (χ2n) is 7.05. The summed E-state index contributed by atoms with van der Waals surface area (Å²) >= 11 is 6.03. The summed E-state index contributed by atoms with van der Waals surface area (Å²) in [5.41, 5.74) is 3.97. The van der Waals surface area contributed by atoms with Gasteiger partial charge in [0, 0.05) is 18.4 Å². The molecule has 4 aromatic carbocycles. The molecule has 6 heteroatoms. The molecular formula is C25H20ClN3O2. The average molecular weight is 430 g/mol. The number of nitrogens with zero attached hydrogens (tertiary/aromatic N) is 1. The van der Waals surface area contributed by atoms with E-state index in [2.05, 4.69) is 34.0 Å². The molecule has 154 valence electrons. The van der Waals surface area contributed by atoms with E-state index in [4.69, 9.17) is 11.6 Å². The van der Waals surface area contributed by atoms with Gasteiger partial charge in [0.2, 0.25) is 11.8 Å². The van der Waals surface area contributed by atoms with Crippen LogP contribution in [0.5, 0.6) is 0 Å². The molecule has 2 N–H and O–H groups in total. The Balaban J connectivity index is 1.41. The maximum atomic E-state index is 12.2. The van der Waals surface area contributed by atoms with E-state index in [1.807, 2.05) is 36.4 Å². The van der Waals surface area contributed by atoms with Crippen LogP contribution in [0.15, 0.2) is 84.0 Å². The van der Waals surface area contributed by atoms with Gasteiger partial charge in [-0.15, -0.1) is 0 Å². The zero-order valence-corrected chi connectivity index (χ0v) is 17.4. The largest absolute Gasteiger partial charge is 0.325 e. The van der Waals surface area contributed by atoms with Crippen molar-refractivity contribution in [3.8, 4) is 0 Å². The van der Waals surface area contributed by atoms with Gasteiger partial charge >= 0.3 is 0 Å². The van der Waals surface area contributed by atoms with Gasteiger partial charge in [-0.3, -0.25) is 9.59 Å². The maximum absolute atomic E-state index is 12.2. The highest BCUT2D eigenvalue weighted by Gasteiger charge is 2.09. The lowest BCUT2D eigenvalue weighted by molar-refractivity contribution is -0.124. The molecule has 0 bridgehead atoms. The van der Waals surface area contributed by atoms with Crippen molar-refractivity contribution in [3.05, 3.63) is 89.4 Å². The second kappa shape index (κ2) is 9.41. The Bertz CT molecular complexity index is 1250. The third-order valence-electron chi connectivity index (χ3n) is 4.92. The fourth-order valence-corrected chi connectivity index (χ4v) is 3.60. The summed E-state index contributed by atoms with van der Waals surface area (Å²) in [5.74, 6) is -0.623. The zero-order valence-electron chi connectivity index (χ0n) is 16.6. The van der Waals surface area contributed by atoms with Crippen LogP contribution in [0.2, 0.25) is 5.02 Å². The molecule has 0 aliphatic heterocycles. The maximum Gasteiger partial charge on any atom is 0.240 e. The Morgan fingerprint density at radius 3 is 2.06 bits per heavy atom. The van der Waals surface area contributed by atoms with E-state index in [0.29, 0.717) is 10.7 Å². The highest BCUT2D eigenvalue weighted by atomic mass is 35.5. The first-order valence-electron chi connectivity index (χ1n) is 9.88. The molecule has 0 saturated carbocycles. The fourth-order valence-electron chi connectivity index (χ4n) is 3.42. The van der Waals surface area contributed by atoms with Crippen LogP contribution in [0.3, 0.4) is 0 Å². The summed E-state index contributed by atoms with van der Waals surface area (Å²) in [7, 11) is 0. The molecule has 0 unspecified atom stereocenters. The number of hydrogen-bond acceptors (Lipinski definition) is 3. The molecule has 0 saturated heterocycles. The van der Waals surface area contributed by atoms with Crippen LogP contribution < -0.4 is 10.7 Å². The summed E-state index contributed by atoms with van der Waals surface area (Å²) in [6, 6.07) is 25.2. The number of hydrogen-bond donors (Lipinski definition) is 2. The fraction of sp³-hybridized carbons (Fsp3) is 0.0800. The second-order valence-corrected chi connectivity index (χ2v) is 7.46. The molecule has 0 atom stereocenters. The van der Waals surface area contributed by atoms with Crippen LogP contribution in [-0.2, 0) is 9.59 Å². The summed E-state index contributed by atoms with van der Waals surface area (Å²) < 4.78 is 0. The first-order chi connectivity index (χ1) is 15.1. The number of carbonyl (C=O) groups excluding carboxylic acids is 2. The summed E-state index contributed by atoms with van der Waals surface area (Å²) in [4.78, 5) is 24.2. The van der Waals surface area contributed by atoms with Crippen LogP contribution in [0.1, 0.15) is 18.4 Å². The lowest BCUT2D eigenvalue weighted by Crippen LogP contribution is -2.20. The lowest BCUT2D eigenvalue weighted by atomic mass is 9.97. The number of anilines is 1. The van der Waals surface area contributed by atoms with E-state index in [0.717, 1.165) is 27.1 Å². The van der Waals surface area contributed by atoms with Gasteiger partial charge in [0.05, 0.1) is 16.9 Å². The normalized spacial score (nSPS) is 11.1. The monoisotopic (exact) mass is 429 g/mol. The van der Waals surface area contributed by atoms with E-state index >= 15 is 0 Å². The molecular weight excluding hydrogens is 410 g/mol. The SMILES string of the molecule is O=C(CCC(=O)Nc1ccccc1Cl)N/N=C\c1c2ccccc2cc2ccccc12. The van der Waals surface area contributed by atoms with E-state index in [1.165, 1.54) is 0 Å². The molecule has 5 nitrogen and oxygen atoms in total. The van der Waals surface area contributed by atoms with Crippen molar-refractivity contribution < 1.29 is 9.59 Å². The van der Waals surface area contributed by atoms with Gasteiger partial charge in [0.15, 0.2) is 0 Å². The van der Waals surface area contributed by atoms with Crippen LogP contribution in [0.25, 0.3) is 21.5 Å². The van der Waals surface area contributed by atoms with Gasteiger partial charge in [-0.1, -0.05) is 72.3 Å². The predicted octanol–water partition coefficient (Wildman–Crippen LogP) is 5.52. The Labute approximate surface area is 184 Å². The van der Waals surface area contributed by atoms with Crippen molar-refractivity contribution in [2.75, 3.05) is 5.32 Å². The minimum atomic E-state index is -0.338. The zero-order chi connectivity index (χ0) is 21.6. The van der Waals surface area contributed by atoms with Crippen LogP contribution in [0.4, 0.5) is 5.69 Å². The minimum absolute atomic E-state index is 0.0178. The molecule has 0 radical (unpaired) electrons. The molecule has 4 aromatic rings. The van der Waals surface area contributed by atoms with Gasteiger partial charge in [-0.05, 0) is 39.7 Å². The van der Waals surface area contributed by atoms with Crippen LogP contribution in [0, 0.1) is 0 Å². The molecule has 0 aliphatic carbocycles. The Morgan fingerprint density at radius 2 is 1.39 bits per heavy atom. The molecule has 31 heavy (non-hydrogen) atoms. The number of carbonyl (C=O) groups is 2. The first-order valence-corrected chi connectivity index (χ1v) is 10.3. The molecule has 0 aromatic heterocycles. The third-order valence-corrected chi connectivity index (χ3v) is 5.25. The number of rotatable bonds is 6. The number of hydrazone groups is 1. The van der Waals surface area contributed by atoms with Crippen molar-refractivity contribution >= 4 is 56.9 Å². The number of benzene rings is 4.